The molecule has 41 heavy (non-hydrogen) atoms. The van der Waals surface area contributed by atoms with E-state index >= 15 is 0 Å². The Hall–Kier alpha value is -5.08. The Labute approximate surface area is 241 Å². The van der Waals surface area contributed by atoms with Crippen molar-refractivity contribution in [2.24, 2.45) is 0 Å². The summed E-state index contributed by atoms with van der Waals surface area (Å²) in [6, 6.07) is 31.5. The molecule has 1 aliphatic heterocycles. The molecule has 6 aromatic carbocycles. The summed E-state index contributed by atoms with van der Waals surface area (Å²) in [6.45, 7) is 0. The van der Waals surface area contributed by atoms with Crippen LogP contribution in [0.3, 0.4) is 0 Å². The summed E-state index contributed by atoms with van der Waals surface area (Å²) < 4.78 is 7.62. The smallest absolute Gasteiger partial charge is 0.277 e. The monoisotopic (exact) mass is 600 g/mol. The highest BCUT2D eigenvalue weighted by molar-refractivity contribution is 9.10. The minimum atomic E-state index is -1.12. The average molecular weight is 601 g/mol. The van der Waals surface area contributed by atoms with Crippen LogP contribution in [0.25, 0.3) is 32.7 Å². The fourth-order valence-electron chi connectivity index (χ4n) is 6.74. The van der Waals surface area contributed by atoms with Gasteiger partial charge in [-0.15, -0.1) is 0 Å². The SMILES string of the molecule is O=[N+]([O-])c1ccc2c(c1)C1(c3cc(Br)ccc3-2)c2ccc3ccccc3c2Oc2c1cc([N+](=O)[O-])c1ccccc21. The Balaban J connectivity index is 1.65. The van der Waals surface area contributed by atoms with E-state index in [0.29, 0.717) is 33.4 Å². The molecule has 1 atom stereocenters. The van der Waals surface area contributed by atoms with Gasteiger partial charge in [0.25, 0.3) is 11.4 Å². The van der Waals surface area contributed by atoms with Crippen molar-refractivity contribution in [2.45, 2.75) is 5.41 Å². The van der Waals surface area contributed by atoms with Crippen molar-refractivity contribution in [3.8, 4) is 22.6 Å². The van der Waals surface area contributed by atoms with E-state index in [0.717, 1.165) is 37.5 Å². The third kappa shape index (κ3) is 3.02. The molecule has 8 heteroatoms. The van der Waals surface area contributed by atoms with E-state index in [1.54, 1.807) is 30.3 Å². The third-order valence-electron chi connectivity index (χ3n) is 8.36. The van der Waals surface area contributed by atoms with Crippen LogP contribution < -0.4 is 4.74 Å². The minimum Gasteiger partial charge on any atom is -0.455 e. The van der Waals surface area contributed by atoms with Crippen LogP contribution in [0.5, 0.6) is 11.5 Å². The topological polar surface area (TPSA) is 95.5 Å². The van der Waals surface area contributed by atoms with E-state index in [9.17, 15) is 20.2 Å². The van der Waals surface area contributed by atoms with Crippen molar-refractivity contribution in [2.75, 3.05) is 0 Å². The van der Waals surface area contributed by atoms with E-state index < -0.39 is 10.3 Å². The van der Waals surface area contributed by atoms with Crippen LogP contribution in [0.1, 0.15) is 22.3 Å². The zero-order valence-corrected chi connectivity index (χ0v) is 22.7. The normalized spacial score (nSPS) is 16.1. The number of hydrogen-bond donors (Lipinski definition) is 0. The zero-order chi connectivity index (χ0) is 28.0. The Morgan fingerprint density at radius 3 is 2.02 bits per heavy atom. The molecule has 0 bridgehead atoms. The van der Waals surface area contributed by atoms with Crippen molar-refractivity contribution < 1.29 is 14.6 Å². The Morgan fingerprint density at radius 2 is 1.27 bits per heavy atom. The number of fused-ring (bicyclic) bond motifs is 13. The second-order valence-electron chi connectivity index (χ2n) is 10.3. The quantitative estimate of drug-likeness (QED) is 0.146. The van der Waals surface area contributed by atoms with E-state index in [2.05, 4.69) is 15.9 Å². The van der Waals surface area contributed by atoms with Gasteiger partial charge in [0.1, 0.15) is 11.5 Å². The van der Waals surface area contributed by atoms with Crippen LogP contribution >= 0.6 is 15.9 Å². The molecule has 1 unspecified atom stereocenters. The number of nitrogens with zero attached hydrogens (tertiary/aromatic N) is 2. The maximum Gasteiger partial charge on any atom is 0.277 e. The van der Waals surface area contributed by atoms with Gasteiger partial charge in [-0.25, -0.2) is 0 Å². The molecule has 7 nitrogen and oxygen atoms in total. The van der Waals surface area contributed by atoms with Crippen molar-refractivity contribution in [1.29, 1.82) is 0 Å². The van der Waals surface area contributed by atoms with Gasteiger partial charge in [-0.1, -0.05) is 76.6 Å². The largest absolute Gasteiger partial charge is 0.455 e. The third-order valence-corrected chi connectivity index (χ3v) is 8.85. The molecule has 1 aliphatic carbocycles. The summed E-state index contributed by atoms with van der Waals surface area (Å²) in [7, 11) is 0. The standard InChI is InChI=1S/C33H17BrN2O5/c34-19-10-12-22-23-13-11-20(35(37)38)16-28(23)33(27(22)15-19)26-14-9-18-5-1-2-6-21(18)31(26)41-32-25-8-4-3-7-24(25)30(36(39)40)17-29(32)33/h1-17H. The maximum atomic E-state index is 12.5. The second kappa shape index (κ2) is 8.22. The van der Waals surface area contributed by atoms with E-state index in [-0.39, 0.29) is 16.3 Å². The van der Waals surface area contributed by atoms with Gasteiger partial charge >= 0.3 is 0 Å². The predicted octanol–water partition coefficient (Wildman–Crippen LogP) is 9.04. The first kappa shape index (κ1) is 23.8. The highest BCUT2D eigenvalue weighted by atomic mass is 79.9. The summed E-state index contributed by atoms with van der Waals surface area (Å²) in [5.74, 6) is 1.13. The number of halogens is 1. The van der Waals surface area contributed by atoms with E-state index in [1.807, 2.05) is 66.7 Å². The molecule has 2 aliphatic rings. The van der Waals surface area contributed by atoms with Crippen molar-refractivity contribution in [3.63, 3.8) is 0 Å². The lowest BCUT2D eigenvalue weighted by molar-refractivity contribution is -0.384. The fourth-order valence-corrected chi connectivity index (χ4v) is 7.10. The summed E-state index contributed by atoms with van der Waals surface area (Å²) in [5.41, 5.74) is 3.40. The van der Waals surface area contributed by atoms with Crippen LogP contribution in [0.4, 0.5) is 11.4 Å². The van der Waals surface area contributed by atoms with Crippen LogP contribution in [0, 0.1) is 20.2 Å². The molecule has 1 spiro atoms. The van der Waals surface area contributed by atoms with Gasteiger partial charge in [0.15, 0.2) is 0 Å². The molecule has 0 saturated heterocycles. The van der Waals surface area contributed by atoms with Crippen molar-refractivity contribution >= 4 is 48.8 Å². The number of hydrogen-bond acceptors (Lipinski definition) is 5. The fraction of sp³-hybridized carbons (Fsp3) is 0.0303. The van der Waals surface area contributed by atoms with Gasteiger partial charge in [-0.3, -0.25) is 20.2 Å². The minimum absolute atomic E-state index is 0.0537. The van der Waals surface area contributed by atoms with E-state index in [4.69, 9.17) is 4.74 Å². The van der Waals surface area contributed by atoms with Crippen LogP contribution in [0.2, 0.25) is 0 Å². The second-order valence-corrected chi connectivity index (χ2v) is 11.2. The van der Waals surface area contributed by atoms with Crippen LogP contribution in [0.15, 0.2) is 108 Å². The van der Waals surface area contributed by atoms with Gasteiger partial charge in [-0.2, -0.15) is 0 Å². The molecule has 0 N–H and O–H groups in total. The molecule has 0 radical (unpaired) electrons. The Morgan fingerprint density at radius 1 is 0.610 bits per heavy atom. The molecule has 196 valence electrons. The lowest BCUT2D eigenvalue weighted by Gasteiger charge is -2.40. The van der Waals surface area contributed by atoms with Crippen molar-refractivity contribution in [1.82, 2.24) is 0 Å². The first-order valence-electron chi connectivity index (χ1n) is 12.9. The summed E-state index contributed by atoms with van der Waals surface area (Å²) in [5, 5.41) is 27.5. The van der Waals surface area contributed by atoms with Gasteiger partial charge < -0.3 is 4.74 Å². The van der Waals surface area contributed by atoms with Crippen LogP contribution in [-0.4, -0.2) is 9.85 Å². The summed E-state index contributed by atoms with van der Waals surface area (Å²) in [6.07, 6.45) is 0. The number of rotatable bonds is 2. The van der Waals surface area contributed by atoms with Gasteiger partial charge in [0, 0.05) is 44.6 Å². The first-order valence-corrected chi connectivity index (χ1v) is 13.7. The first-order chi connectivity index (χ1) is 19.9. The lowest BCUT2D eigenvalue weighted by atomic mass is 9.65. The number of nitro benzene ring substituents is 2. The van der Waals surface area contributed by atoms with Gasteiger partial charge in [-0.05, 0) is 51.9 Å². The summed E-state index contributed by atoms with van der Waals surface area (Å²) in [4.78, 5) is 23.8. The predicted molar refractivity (Wildman–Crippen MR) is 160 cm³/mol. The van der Waals surface area contributed by atoms with Crippen LogP contribution in [-0.2, 0) is 5.41 Å². The highest BCUT2D eigenvalue weighted by Crippen LogP contribution is 2.65. The van der Waals surface area contributed by atoms with Crippen molar-refractivity contribution in [3.05, 3.63) is 150 Å². The number of nitro groups is 2. The number of non-ortho nitro benzene ring substituents is 2. The molecule has 0 saturated carbocycles. The molecule has 0 fully saturated rings. The molecule has 8 rings (SSSR count). The molecule has 0 amide bonds. The average Bonchev–Trinajstić information content (AvgIpc) is 3.26. The maximum absolute atomic E-state index is 12.5. The van der Waals surface area contributed by atoms with Gasteiger partial charge in [0.05, 0.1) is 20.6 Å². The Bertz CT molecular complexity index is 2180. The number of ether oxygens (including phenoxy) is 1. The van der Waals surface area contributed by atoms with E-state index in [1.165, 1.54) is 6.07 Å². The number of benzene rings is 6. The Kier molecular flexibility index (Phi) is 4.77. The molecule has 6 aromatic rings. The molecule has 0 aromatic heterocycles. The lowest BCUT2D eigenvalue weighted by Crippen LogP contribution is -2.32. The van der Waals surface area contributed by atoms with Gasteiger partial charge in [0.2, 0.25) is 0 Å². The zero-order valence-electron chi connectivity index (χ0n) is 21.1. The summed E-state index contributed by atoms with van der Waals surface area (Å²) >= 11 is 3.65. The highest BCUT2D eigenvalue weighted by Gasteiger charge is 2.53. The molecule has 1 heterocycles. The molecular formula is C33H17BrN2O5. The molecular weight excluding hydrogens is 584 g/mol.